The molecule has 8 rings (SSSR count). The number of thiophene rings is 1. The highest BCUT2D eigenvalue weighted by molar-refractivity contribution is 7.22. The molecule has 50 heavy (non-hydrogen) atoms. The summed E-state index contributed by atoms with van der Waals surface area (Å²) in [4.78, 5) is 60.6. The minimum atomic E-state index is -1.30. The first-order chi connectivity index (χ1) is 23.9. The van der Waals surface area contributed by atoms with Gasteiger partial charge in [-0.05, 0) is 74.2 Å². The summed E-state index contributed by atoms with van der Waals surface area (Å²) in [6, 6.07) is 12.5. The van der Waals surface area contributed by atoms with Crippen LogP contribution in [0.3, 0.4) is 0 Å². The minimum Gasteiger partial charge on any atom is -0.508 e. The second-order valence-corrected chi connectivity index (χ2v) is 15.6. The third-order valence-electron chi connectivity index (χ3n) is 11.6. The molecule has 2 aromatic carbocycles. The van der Waals surface area contributed by atoms with Gasteiger partial charge in [-0.2, -0.15) is 5.10 Å². The topological polar surface area (TPSA) is 122 Å². The van der Waals surface area contributed by atoms with Gasteiger partial charge in [-0.1, -0.05) is 36.2 Å². The number of hydrogen-bond donors (Lipinski definition) is 1. The van der Waals surface area contributed by atoms with E-state index in [1.165, 1.54) is 23.0 Å². The van der Waals surface area contributed by atoms with Gasteiger partial charge in [0, 0.05) is 46.9 Å². The zero-order valence-corrected chi connectivity index (χ0v) is 30.0. The zero-order valence-electron chi connectivity index (χ0n) is 28.4. The van der Waals surface area contributed by atoms with Crippen LogP contribution in [0, 0.1) is 36.0 Å². The summed E-state index contributed by atoms with van der Waals surface area (Å²) in [5.74, 6) is -3.61. The molecule has 12 heteroatoms. The van der Waals surface area contributed by atoms with Crippen molar-refractivity contribution in [2.75, 3.05) is 18.6 Å². The number of likely N-dealkylation sites (tertiary alicyclic amines) is 1. The third-order valence-corrected chi connectivity index (χ3v) is 13.1. The van der Waals surface area contributed by atoms with E-state index in [1.807, 2.05) is 38.1 Å². The van der Waals surface area contributed by atoms with Crippen LogP contribution in [-0.2, 0) is 26.2 Å². The van der Waals surface area contributed by atoms with Crippen molar-refractivity contribution in [3.05, 3.63) is 70.3 Å². The molecule has 258 valence electrons. The highest BCUT2D eigenvalue weighted by atomic mass is 35.5. The summed E-state index contributed by atoms with van der Waals surface area (Å²) in [6.45, 7) is 6.08. The fourth-order valence-electron chi connectivity index (χ4n) is 9.20. The van der Waals surface area contributed by atoms with Crippen LogP contribution in [0.5, 0.6) is 11.5 Å². The number of halogens is 1. The number of phenols is 1. The first-order valence-corrected chi connectivity index (χ1v) is 18.1. The molecule has 1 saturated carbocycles. The largest absolute Gasteiger partial charge is 0.508 e. The van der Waals surface area contributed by atoms with E-state index < -0.39 is 40.9 Å². The Hall–Kier alpha value is -4.48. The van der Waals surface area contributed by atoms with E-state index in [4.69, 9.17) is 21.4 Å². The molecule has 4 heterocycles. The van der Waals surface area contributed by atoms with Gasteiger partial charge < -0.3 is 9.84 Å². The van der Waals surface area contributed by atoms with E-state index in [9.17, 15) is 24.3 Å². The Bertz CT molecular complexity index is 2190. The molecule has 4 aliphatic rings. The molecular weight excluding hydrogens is 676 g/mol. The standard InChI is InChI=1S/C38H37ClN4O6S/c1-6-13-42-34(45)23-11-10-21-25(31(23)36(42)47)16-26-35(46)43(37(48)38(26,3)32(21)22-9-8-20(49-5)15-28(22)44)30-17-27(40-41(30)4)33-18(2)24-14-19(39)7-12-29(24)50-33/h7-10,12,14-15,17,23,25-26,31-32,44H,6,11,13,16H2,1-5H3. The first kappa shape index (κ1) is 32.7. The van der Waals surface area contributed by atoms with Crippen molar-refractivity contribution in [2.45, 2.75) is 46.0 Å². The number of aromatic hydroxyl groups is 1. The van der Waals surface area contributed by atoms with Crippen molar-refractivity contribution in [3.8, 4) is 22.1 Å². The molecule has 4 amide bonds. The van der Waals surface area contributed by atoms with Gasteiger partial charge >= 0.3 is 0 Å². The Morgan fingerprint density at radius 1 is 1.06 bits per heavy atom. The van der Waals surface area contributed by atoms with Gasteiger partial charge in [0.2, 0.25) is 23.6 Å². The summed E-state index contributed by atoms with van der Waals surface area (Å²) in [5, 5.41) is 17.9. The second kappa shape index (κ2) is 11.5. The van der Waals surface area contributed by atoms with Gasteiger partial charge in [0.1, 0.15) is 23.0 Å². The molecule has 0 spiro atoms. The highest BCUT2D eigenvalue weighted by Gasteiger charge is 2.68. The number of aryl methyl sites for hydroxylation is 2. The van der Waals surface area contributed by atoms with E-state index >= 15 is 0 Å². The molecule has 0 bridgehead atoms. The summed E-state index contributed by atoms with van der Waals surface area (Å²) in [5.41, 5.74) is 1.63. The van der Waals surface area contributed by atoms with Crippen molar-refractivity contribution in [1.82, 2.24) is 14.7 Å². The summed E-state index contributed by atoms with van der Waals surface area (Å²) >= 11 is 7.87. The Morgan fingerprint density at radius 2 is 1.84 bits per heavy atom. The normalized spacial score (nSPS) is 27.6. The Morgan fingerprint density at radius 3 is 2.56 bits per heavy atom. The van der Waals surface area contributed by atoms with Crippen LogP contribution < -0.4 is 9.64 Å². The molecule has 10 nitrogen and oxygen atoms in total. The number of amides is 4. The molecule has 2 aliphatic carbocycles. The van der Waals surface area contributed by atoms with E-state index in [0.29, 0.717) is 47.2 Å². The smallest absolute Gasteiger partial charge is 0.242 e. The zero-order chi connectivity index (χ0) is 35.4. The molecule has 4 aromatic rings. The minimum absolute atomic E-state index is 0.0682. The summed E-state index contributed by atoms with van der Waals surface area (Å²) in [7, 11) is 3.22. The van der Waals surface area contributed by atoms with Crippen LogP contribution in [-0.4, -0.2) is 57.1 Å². The van der Waals surface area contributed by atoms with Crippen LogP contribution in [0.1, 0.15) is 50.2 Å². The van der Waals surface area contributed by atoms with E-state index in [-0.39, 0.29) is 29.9 Å². The number of anilines is 1. The predicted molar refractivity (Wildman–Crippen MR) is 190 cm³/mol. The van der Waals surface area contributed by atoms with Crippen LogP contribution in [0.4, 0.5) is 5.82 Å². The molecular formula is C38H37ClN4O6S. The van der Waals surface area contributed by atoms with Crippen LogP contribution in [0.2, 0.25) is 5.02 Å². The maximum atomic E-state index is 15.0. The van der Waals surface area contributed by atoms with Crippen molar-refractivity contribution in [1.29, 1.82) is 0 Å². The number of rotatable bonds is 6. The maximum absolute atomic E-state index is 15.0. The van der Waals surface area contributed by atoms with E-state index in [2.05, 4.69) is 0 Å². The lowest BCUT2D eigenvalue weighted by atomic mass is 9.51. The lowest BCUT2D eigenvalue weighted by molar-refractivity contribution is -0.140. The van der Waals surface area contributed by atoms with Crippen molar-refractivity contribution >= 4 is 62.5 Å². The van der Waals surface area contributed by atoms with Crippen LogP contribution in [0.25, 0.3) is 20.7 Å². The van der Waals surface area contributed by atoms with Gasteiger partial charge in [-0.3, -0.25) is 28.8 Å². The number of aromatic nitrogens is 2. The molecule has 6 atom stereocenters. The van der Waals surface area contributed by atoms with Gasteiger partial charge in [-0.25, -0.2) is 4.90 Å². The second-order valence-electron chi connectivity index (χ2n) is 14.1. The number of allylic oxidation sites excluding steroid dienone is 2. The summed E-state index contributed by atoms with van der Waals surface area (Å²) in [6.07, 6.45) is 3.22. The molecule has 2 saturated heterocycles. The molecule has 6 unspecified atom stereocenters. The van der Waals surface area contributed by atoms with Crippen LogP contribution >= 0.6 is 22.9 Å². The van der Waals surface area contributed by atoms with Gasteiger partial charge in [-0.15, -0.1) is 11.3 Å². The van der Waals surface area contributed by atoms with Crippen molar-refractivity contribution in [2.24, 2.45) is 36.1 Å². The Kier molecular flexibility index (Phi) is 7.54. The number of ether oxygens (including phenoxy) is 1. The van der Waals surface area contributed by atoms with Crippen LogP contribution in [0.15, 0.2) is 54.1 Å². The fraction of sp³-hybridized carbons (Fsp3) is 0.395. The van der Waals surface area contributed by atoms with E-state index in [0.717, 1.165) is 26.1 Å². The van der Waals surface area contributed by atoms with Crippen molar-refractivity contribution in [3.63, 3.8) is 0 Å². The number of fused-ring (bicyclic) bond motifs is 5. The van der Waals surface area contributed by atoms with Gasteiger partial charge in [0.05, 0.1) is 35.2 Å². The molecule has 2 aromatic heterocycles. The monoisotopic (exact) mass is 712 g/mol. The average molecular weight is 713 g/mol. The van der Waals surface area contributed by atoms with E-state index in [1.54, 1.807) is 48.2 Å². The lowest BCUT2D eigenvalue weighted by Crippen LogP contribution is -2.49. The predicted octanol–water partition coefficient (Wildman–Crippen LogP) is 6.62. The fourth-order valence-corrected chi connectivity index (χ4v) is 10.5. The molecule has 1 N–H and O–H groups in total. The first-order valence-electron chi connectivity index (χ1n) is 16.9. The SMILES string of the molecule is CCCN1C(=O)C2CC=C3C(CC4C(=O)N(c5cc(-c6sc7ccc(Cl)cc7c6C)nn5C)C(=O)C4(C)C3c3ccc(OC)cc3O)C2C1=O. The average Bonchev–Trinajstić information content (AvgIpc) is 3.76. The molecule has 3 fully saturated rings. The number of imide groups is 2. The number of carbonyl (C=O) groups excluding carboxylic acids is 4. The third kappa shape index (κ3) is 4.41. The lowest BCUT2D eigenvalue weighted by Gasteiger charge is -2.49. The Labute approximate surface area is 298 Å². The van der Waals surface area contributed by atoms with Gasteiger partial charge in [0.25, 0.3) is 0 Å². The number of nitrogens with zero attached hydrogens (tertiary/aromatic N) is 4. The molecule has 0 radical (unpaired) electrons. The number of methoxy groups -OCH3 is 1. The maximum Gasteiger partial charge on any atom is 0.242 e. The number of phenolic OH excluding ortho intramolecular Hbond substituents is 1. The Balaban J connectivity index is 1.25. The highest BCUT2D eigenvalue weighted by Crippen LogP contribution is 2.64. The number of benzene rings is 2. The number of carbonyl (C=O) groups is 4. The summed E-state index contributed by atoms with van der Waals surface area (Å²) < 4.78 is 7.98. The van der Waals surface area contributed by atoms with Crippen molar-refractivity contribution < 1.29 is 29.0 Å². The molecule has 2 aliphatic heterocycles. The van der Waals surface area contributed by atoms with Gasteiger partial charge in [0.15, 0.2) is 0 Å². The number of hydrogen-bond acceptors (Lipinski definition) is 8. The quantitative estimate of drug-likeness (QED) is 0.176.